The predicted molar refractivity (Wildman–Crippen MR) is 100 cm³/mol. The van der Waals surface area contributed by atoms with Crippen LogP contribution in [0.25, 0.3) is 0 Å². The van der Waals surface area contributed by atoms with E-state index in [-0.39, 0.29) is 5.56 Å². The number of nitrogens with one attached hydrogen (secondary N) is 1. The zero-order valence-electron chi connectivity index (χ0n) is 14.5. The predicted octanol–water partition coefficient (Wildman–Crippen LogP) is 3.05. The lowest BCUT2D eigenvalue weighted by Gasteiger charge is -2.12. The van der Waals surface area contributed by atoms with Gasteiger partial charge in [-0.3, -0.25) is 9.48 Å². The highest BCUT2D eigenvalue weighted by molar-refractivity contribution is 7.14. The number of carbonyl (C=O) groups is 2. The summed E-state index contributed by atoms with van der Waals surface area (Å²) in [5.41, 5.74) is 1.69. The summed E-state index contributed by atoms with van der Waals surface area (Å²) in [7, 11) is 0. The molecule has 1 amide bonds. The van der Waals surface area contributed by atoms with Gasteiger partial charge in [-0.1, -0.05) is 30.3 Å². The first kappa shape index (κ1) is 18.4. The molecule has 0 bridgehead atoms. The van der Waals surface area contributed by atoms with E-state index in [0.717, 1.165) is 5.56 Å². The molecule has 136 valence electrons. The van der Waals surface area contributed by atoms with E-state index in [0.29, 0.717) is 17.1 Å². The Hall–Kier alpha value is -3.44. The maximum absolute atomic E-state index is 12.2. The van der Waals surface area contributed by atoms with Crippen LogP contribution in [-0.2, 0) is 16.1 Å². The van der Waals surface area contributed by atoms with E-state index in [2.05, 4.69) is 10.4 Å². The maximum atomic E-state index is 12.2. The summed E-state index contributed by atoms with van der Waals surface area (Å²) in [6.07, 6.45) is 1.97. The first-order valence-electron chi connectivity index (χ1n) is 8.12. The second kappa shape index (κ2) is 8.29. The van der Waals surface area contributed by atoms with Crippen LogP contribution >= 0.6 is 11.3 Å². The number of esters is 1. The molecule has 2 aromatic heterocycles. The number of thiophene rings is 1. The number of benzene rings is 1. The molecule has 2 heterocycles. The van der Waals surface area contributed by atoms with E-state index < -0.39 is 18.0 Å². The Morgan fingerprint density at radius 3 is 2.85 bits per heavy atom. The number of nitriles is 1. The minimum Gasteiger partial charge on any atom is -0.449 e. The van der Waals surface area contributed by atoms with Crippen molar-refractivity contribution >= 4 is 28.2 Å². The molecule has 0 aliphatic rings. The minimum atomic E-state index is -1.01. The Morgan fingerprint density at radius 1 is 1.33 bits per heavy atom. The van der Waals surface area contributed by atoms with Crippen molar-refractivity contribution < 1.29 is 14.3 Å². The molecular weight excluding hydrogens is 364 g/mol. The van der Waals surface area contributed by atoms with Crippen molar-refractivity contribution in [3.05, 3.63) is 70.9 Å². The number of rotatable bonds is 6. The lowest BCUT2D eigenvalue weighted by molar-refractivity contribution is -0.123. The van der Waals surface area contributed by atoms with Gasteiger partial charge in [-0.25, -0.2) is 4.79 Å². The molecule has 8 heteroatoms. The minimum absolute atomic E-state index is 0.263. The van der Waals surface area contributed by atoms with E-state index >= 15 is 0 Å². The fraction of sp³-hybridized carbons (Fsp3) is 0.158. The van der Waals surface area contributed by atoms with Crippen LogP contribution in [0.3, 0.4) is 0 Å². The summed E-state index contributed by atoms with van der Waals surface area (Å²) in [6, 6.07) is 13.3. The van der Waals surface area contributed by atoms with Gasteiger partial charge in [-0.15, -0.1) is 11.3 Å². The van der Waals surface area contributed by atoms with Crippen molar-refractivity contribution in [1.82, 2.24) is 9.78 Å². The van der Waals surface area contributed by atoms with Gasteiger partial charge in [0.2, 0.25) is 0 Å². The SMILES string of the molecule is CC(OC(=O)c1cnn(Cc2ccccc2)c1)C(=O)Nc1sccc1C#N. The Bertz CT molecular complexity index is 988. The van der Waals surface area contributed by atoms with E-state index in [1.165, 1.54) is 24.5 Å². The third-order valence-electron chi connectivity index (χ3n) is 3.73. The summed E-state index contributed by atoms with van der Waals surface area (Å²) in [6.45, 7) is 2.00. The lowest BCUT2D eigenvalue weighted by Crippen LogP contribution is -2.29. The van der Waals surface area contributed by atoms with Gasteiger partial charge >= 0.3 is 5.97 Å². The number of aromatic nitrogens is 2. The van der Waals surface area contributed by atoms with Crippen LogP contribution in [0.15, 0.2) is 54.2 Å². The molecule has 3 rings (SSSR count). The summed E-state index contributed by atoms with van der Waals surface area (Å²) < 4.78 is 6.83. The highest BCUT2D eigenvalue weighted by Crippen LogP contribution is 2.22. The highest BCUT2D eigenvalue weighted by atomic mass is 32.1. The van der Waals surface area contributed by atoms with Crippen molar-refractivity contribution in [3.63, 3.8) is 0 Å². The second-order valence-electron chi connectivity index (χ2n) is 5.72. The van der Waals surface area contributed by atoms with Crippen LogP contribution in [0.1, 0.15) is 28.4 Å². The molecule has 0 spiro atoms. The van der Waals surface area contributed by atoms with Crippen LogP contribution in [0, 0.1) is 11.3 Å². The topological polar surface area (TPSA) is 97.0 Å². The average Bonchev–Trinajstić information content (AvgIpc) is 3.31. The van der Waals surface area contributed by atoms with E-state index in [4.69, 9.17) is 10.00 Å². The Balaban J connectivity index is 1.58. The molecule has 0 radical (unpaired) electrons. The van der Waals surface area contributed by atoms with Crippen LogP contribution in [0.5, 0.6) is 0 Å². The van der Waals surface area contributed by atoms with Gasteiger partial charge in [0.25, 0.3) is 5.91 Å². The first-order valence-corrected chi connectivity index (χ1v) is 9.00. The third-order valence-corrected chi connectivity index (χ3v) is 4.56. The van der Waals surface area contributed by atoms with E-state index in [9.17, 15) is 9.59 Å². The number of nitrogens with zero attached hydrogens (tertiary/aromatic N) is 3. The van der Waals surface area contributed by atoms with Crippen molar-refractivity contribution in [2.75, 3.05) is 5.32 Å². The van der Waals surface area contributed by atoms with Gasteiger partial charge in [0, 0.05) is 6.20 Å². The summed E-state index contributed by atoms with van der Waals surface area (Å²) in [5, 5.41) is 17.8. The maximum Gasteiger partial charge on any atom is 0.342 e. The third kappa shape index (κ3) is 4.59. The molecule has 0 saturated heterocycles. The fourth-order valence-corrected chi connectivity index (χ4v) is 3.06. The number of anilines is 1. The van der Waals surface area contributed by atoms with Crippen LogP contribution < -0.4 is 5.32 Å². The largest absolute Gasteiger partial charge is 0.449 e. The molecule has 1 atom stereocenters. The number of amides is 1. The van der Waals surface area contributed by atoms with Gasteiger partial charge in [0.05, 0.1) is 23.9 Å². The Kier molecular flexibility index (Phi) is 5.64. The summed E-state index contributed by atoms with van der Waals surface area (Å²) >= 11 is 1.23. The molecule has 1 unspecified atom stereocenters. The van der Waals surface area contributed by atoms with E-state index in [1.807, 2.05) is 36.4 Å². The molecule has 3 aromatic rings. The molecule has 27 heavy (non-hydrogen) atoms. The number of hydrogen-bond acceptors (Lipinski definition) is 6. The molecule has 0 saturated carbocycles. The second-order valence-corrected chi connectivity index (χ2v) is 6.64. The quantitative estimate of drug-likeness (QED) is 0.663. The zero-order valence-corrected chi connectivity index (χ0v) is 15.3. The standard InChI is InChI=1S/C19H16N4O3S/c1-13(17(24)22-18-15(9-20)7-8-27-18)26-19(25)16-10-21-23(12-16)11-14-5-3-2-4-6-14/h2-8,10,12-13H,11H2,1H3,(H,22,24). The number of carbonyl (C=O) groups excluding carboxylic acids is 2. The first-order chi connectivity index (χ1) is 13.1. The van der Waals surface area contributed by atoms with Crippen molar-refractivity contribution in [1.29, 1.82) is 5.26 Å². The molecule has 0 aliphatic carbocycles. The normalized spacial score (nSPS) is 11.4. The monoisotopic (exact) mass is 380 g/mol. The molecule has 1 aromatic carbocycles. The zero-order chi connectivity index (χ0) is 19.2. The van der Waals surface area contributed by atoms with Gasteiger partial charge in [-0.05, 0) is 23.9 Å². The van der Waals surface area contributed by atoms with Crippen LogP contribution in [0.2, 0.25) is 0 Å². The van der Waals surface area contributed by atoms with Crippen molar-refractivity contribution in [3.8, 4) is 6.07 Å². The molecular formula is C19H16N4O3S. The highest BCUT2D eigenvalue weighted by Gasteiger charge is 2.21. The Labute approximate surface area is 159 Å². The van der Waals surface area contributed by atoms with Gasteiger partial charge in [-0.2, -0.15) is 10.4 Å². The molecule has 0 aliphatic heterocycles. The van der Waals surface area contributed by atoms with Crippen molar-refractivity contribution in [2.24, 2.45) is 0 Å². The van der Waals surface area contributed by atoms with Gasteiger partial charge in [0.1, 0.15) is 11.1 Å². The lowest BCUT2D eigenvalue weighted by atomic mass is 10.2. The smallest absolute Gasteiger partial charge is 0.342 e. The van der Waals surface area contributed by atoms with Gasteiger partial charge < -0.3 is 10.1 Å². The molecule has 0 fully saturated rings. The molecule has 1 N–H and O–H groups in total. The van der Waals surface area contributed by atoms with Gasteiger partial charge in [0.15, 0.2) is 6.10 Å². The van der Waals surface area contributed by atoms with Crippen LogP contribution in [0.4, 0.5) is 5.00 Å². The van der Waals surface area contributed by atoms with Crippen LogP contribution in [-0.4, -0.2) is 27.8 Å². The van der Waals surface area contributed by atoms with Crippen molar-refractivity contribution in [2.45, 2.75) is 19.6 Å². The number of hydrogen-bond donors (Lipinski definition) is 1. The summed E-state index contributed by atoms with van der Waals surface area (Å²) in [4.78, 5) is 24.4. The average molecular weight is 380 g/mol. The number of ether oxygens (including phenoxy) is 1. The summed E-state index contributed by atoms with van der Waals surface area (Å²) in [5.74, 6) is -1.14. The molecule has 7 nitrogen and oxygen atoms in total. The Morgan fingerprint density at radius 2 is 2.11 bits per heavy atom. The fourth-order valence-electron chi connectivity index (χ4n) is 2.32. The van der Waals surface area contributed by atoms with E-state index in [1.54, 1.807) is 22.3 Å².